The van der Waals surface area contributed by atoms with E-state index < -0.39 is 0 Å². The van der Waals surface area contributed by atoms with Crippen molar-refractivity contribution in [2.45, 2.75) is 32.4 Å². The van der Waals surface area contributed by atoms with Crippen molar-refractivity contribution in [3.8, 4) is 11.5 Å². The Bertz CT molecular complexity index is 1090. The van der Waals surface area contributed by atoms with Gasteiger partial charge in [0.1, 0.15) is 11.9 Å². The fourth-order valence-corrected chi connectivity index (χ4v) is 4.79. The van der Waals surface area contributed by atoms with Gasteiger partial charge in [0.15, 0.2) is 11.5 Å². The minimum Gasteiger partial charge on any atom is -0.493 e. The van der Waals surface area contributed by atoms with Crippen LogP contribution in [0.25, 0.3) is 0 Å². The van der Waals surface area contributed by atoms with Crippen LogP contribution < -0.4 is 19.7 Å². The smallest absolute Gasteiger partial charge is 0.227 e. The maximum Gasteiger partial charge on any atom is 0.227 e. The Morgan fingerprint density at radius 3 is 2.94 bits per heavy atom. The van der Waals surface area contributed by atoms with Crippen molar-refractivity contribution in [1.29, 1.82) is 0 Å². The van der Waals surface area contributed by atoms with Crippen LogP contribution in [0.2, 0.25) is 0 Å². The van der Waals surface area contributed by atoms with Gasteiger partial charge in [-0.05, 0) is 37.1 Å². The van der Waals surface area contributed by atoms with Gasteiger partial charge in [0.2, 0.25) is 5.96 Å². The average Bonchev–Trinajstić information content (AvgIpc) is 3.47. The molecule has 1 fully saturated rings. The highest BCUT2D eigenvalue weighted by Gasteiger charge is 2.31. The SMILES string of the molecule is COc1cc2c(cc1OC1CCOC1)C(N[C@H](C)c1cccc(Br)c1C)=NC1=NCCN12. The number of hydrogen-bond donors (Lipinski definition) is 1. The predicted octanol–water partition coefficient (Wildman–Crippen LogP) is 4.22. The standard InChI is InChI=1S/C24H27BrN4O3/c1-14-17(5-4-6-19(14)25)15(2)27-23-18-11-22(32-16-7-10-31-13-16)21(30-3)12-20(18)29-9-8-26-24(29)28-23/h4-6,11-12,15-16H,7-10,13H2,1-3H3,(H,26,27,28)/t15-,16?/m1/s1. The molecule has 8 heteroatoms. The van der Waals surface area contributed by atoms with Gasteiger partial charge in [0.25, 0.3) is 0 Å². The number of ether oxygens (including phenoxy) is 3. The first kappa shape index (κ1) is 21.3. The predicted molar refractivity (Wildman–Crippen MR) is 129 cm³/mol. The third-order valence-corrected chi connectivity index (χ3v) is 7.03. The molecule has 3 heterocycles. The van der Waals surface area contributed by atoms with E-state index in [-0.39, 0.29) is 12.1 Å². The number of halogens is 1. The molecule has 32 heavy (non-hydrogen) atoms. The van der Waals surface area contributed by atoms with E-state index in [1.54, 1.807) is 7.11 Å². The first-order chi connectivity index (χ1) is 15.5. The number of guanidine groups is 1. The molecule has 2 atom stereocenters. The summed E-state index contributed by atoms with van der Waals surface area (Å²) < 4.78 is 18.5. The fraction of sp³-hybridized carbons (Fsp3) is 0.417. The van der Waals surface area contributed by atoms with Gasteiger partial charge >= 0.3 is 0 Å². The van der Waals surface area contributed by atoms with E-state index >= 15 is 0 Å². The van der Waals surface area contributed by atoms with Crippen molar-refractivity contribution in [1.82, 2.24) is 5.32 Å². The normalized spacial score (nSPS) is 20.2. The van der Waals surface area contributed by atoms with Crippen LogP contribution in [0.15, 0.2) is 44.8 Å². The summed E-state index contributed by atoms with van der Waals surface area (Å²) in [4.78, 5) is 11.6. The molecule has 7 nitrogen and oxygen atoms in total. The van der Waals surface area contributed by atoms with E-state index in [1.165, 1.54) is 11.1 Å². The molecule has 1 unspecified atom stereocenters. The van der Waals surface area contributed by atoms with Crippen LogP contribution >= 0.6 is 15.9 Å². The summed E-state index contributed by atoms with van der Waals surface area (Å²) in [7, 11) is 1.67. The molecule has 5 rings (SSSR count). The maximum absolute atomic E-state index is 6.26. The number of fused-ring (bicyclic) bond motifs is 3. The molecule has 0 spiro atoms. The molecule has 0 aliphatic carbocycles. The zero-order valence-electron chi connectivity index (χ0n) is 18.5. The van der Waals surface area contributed by atoms with Gasteiger partial charge in [-0.15, -0.1) is 0 Å². The van der Waals surface area contributed by atoms with Crippen molar-refractivity contribution in [3.63, 3.8) is 0 Å². The Balaban J connectivity index is 1.53. The van der Waals surface area contributed by atoms with E-state index in [0.29, 0.717) is 18.1 Å². The molecule has 1 saturated heterocycles. The monoisotopic (exact) mass is 498 g/mol. The third kappa shape index (κ3) is 3.86. The third-order valence-electron chi connectivity index (χ3n) is 6.17. The largest absolute Gasteiger partial charge is 0.493 e. The van der Waals surface area contributed by atoms with E-state index in [0.717, 1.165) is 53.6 Å². The molecule has 3 aliphatic heterocycles. The Morgan fingerprint density at radius 1 is 1.28 bits per heavy atom. The second-order valence-corrected chi connectivity index (χ2v) is 9.09. The van der Waals surface area contributed by atoms with Gasteiger partial charge in [-0.25, -0.2) is 4.99 Å². The second kappa shape index (κ2) is 8.75. The van der Waals surface area contributed by atoms with E-state index in [4.69, 9.17) is 19.2 Å². The summed E-state index contributed by atoms with van der Waals surface area (Å²) >= 11 is 3.64. The van der Waals surface area contributed by atoms with Crippen LogP contribution in [-0.2, 0) is 4.74 Å². The highest BCUT2D eigenvalue weighted by atomic mass is 79.9. The number of benzene rings is 2. The quantitative estimate of drug-likeness (QED) is 0.668. The lowest BCUT2D eigenvalue weighted by molar-refractivity contribution is 0.138. The van der Waals surface area contributed by atoms with Crippen LogP contribution in [-0.4, -0.2) is 51.3 Å². The van der Waals surface area contributed by atoms with E-state index in [2.05, 4.69) is 63.2 Å². The first-order valence-corrected chi connectivity index (χ1v) is 11.7. The number of amidine groups is 1. The molecule has 0 saturated carbocycles. The first-order valence-electron chi connectivity index (χ1n) is 10.9. The Hall–Kier alpha value is -2.58. The molecule has 0 aromatic heterocycles. The highest BCUT2D eigenvalue weighted by molar-refractivity contribution is 9.10. The lowest BCUT2D eigenvalue weighted by atomic mass is 10.0. The van der Waals surface area contributed by atoms with Crippen LogP contribution in [0.5, 0.6) is 11.5 Å². The summed E-state index contributed by atoms with van der Waals surface area (Å²) in [5.41, 5.74) is 4.44. The number of rotatable bonds is 5. The summed E-state index contributed by atoms with van der Waals surface area (Å²) in [6.07, 6.45) is 0.910. The van der Waals surface area contributed by atoms with Gasteiger partial charge < -0.3 is 24.4 Å². The van der Waals surface area contributed by atoms with Gasteiger partial charge in [-0.1, -0.05) is 28.1 Å². The lowest BCUT2D eigenvalue weighted by Crippen LogP contribution is -2.38. The summed E-state index contributed by atoms with van der Waals surface area (Å²) in [6, 6.07) is 10.4. The number of nitrogens with one attached hydrogen (secondary N) is 1. The van der Waals surface area contributed by atoms with Crippen molar-refractivity contribution in [2.24, 2.45) is 9.98 Å². The number of anilines is 1. The lowest BCUT2D eigenvalue weighted by Gasteiger charge is -2.30. The van der Waals surface area contributed by atoms with Crippen LogP contribution in [0.4, 0.5) is 5.69 Å². The van der Waals surface area contributed by atoms with Crippen molar-refractivity contribution in [3.05, 3.63) is 51.5 Å². The minimum absolute atomic E-state index is 0.0334. The molecule has 168 valence electrons. The zero-order chi connectivity index (χ0) is 22.2. The van der Waals surface area contributed by atoms with Crippen molar-refractivity contribution >= 4 is 33.4 Å². The molecule has 0 amide bonds. The van der Waals surface area contributed by atoms with Gasteiger partial charge in [-0.3, -0.25) is 0 Å². The maximum atomic E-state index is 6.26. The summed E-state index contributed by atoms with van der Waals surface area (Å²) in [5, 5.41) is 3.63. The van der Waals surface area contributed by atoms with Crippen LogP contribution in [0, 0.1) is 6.92 Å². The molecule has 0 bridgehead atoms. The van der Waals surface area contributed by atoms with Crippen LogP contribution in [0.1, 0.15) is 36.1 Å². The van der Waals surface area contributed by atoms with E-state index in [9.17, 15) is 0 Å². The molecular weight excluding hydrogens is 472 g/mol. The number of nitrogens with zero attached hydrogens (tertiary/aromatic N) is 3. The molecule has 1 N–H and O–H groups in total. The summed E-state index contributed by atoms with van der Waals surface area (Å²) in [5.74, 6) is 2.94. The van der Waals surface area contributed by atoms with Crippen molar-refractivity contribution in [2.75, 3.05) is 38.3 Å². The second-order valence-electron chi connectivity index (χ2n) is 8.24. The average molecular weight is 499 g/mol. The molecular formula is C24H27BrN4O3. The Kier molecular flexibility index (Phi) is 5.82. The zero-order valence-corrected chi connectivity index (χ0v) is 20.1. The number of methoxy groups -OCH3 is 1. The van der Waals surface area contributed by atoms with Gasteiger partial charge in [0, 0.05) is 29.1 Å². The number of hydrogen-bond acceptors (Lipinski definition) is 7. The minimum atomic E-state index is 0.0334. The fourth-order valence-electron chi connectivity index (χ4n) is 4.40. The van der Waals surface area contributed by atoms with E-state index in [1.807, 2.05) is 12.1 Å². The number of aliphatic imine (C=N–C) groups is 2. The topological polar surface area (TPSA) is 67.7 Å². The Labute approximate surface area is 196 Å². The highest BCUT2D eigenvalue weighted by Crippen LogP contribution is 2.39. The van der Waals surface area contributed by atoms with Crippen molar-refractivity contribution < 1.29 is 14.2 Å². The molecule has 0 radical (unpaired) electrons. The molecule has 3 aliphatic rings. The summed E-state index contributed by atoms with van der Waals surface area (Å²) in [6.45, 7) is 7.13. The van der Waals surface area contributed by atoms with Gasteiger partial charge in [0.05, 0.1) is 38.6 Å². The molecule has 2 aromatic rings. The Morgan fingerprint density at radius 2 is 2.16 bits per heavy atom. The van der Waals surface area contributed by atoms with Gasteiger partial charge in [-0.2, -0.15) is 4.99 Å². The van der Waals surface area contributed by atoms with Crippen LogP contribution in [0.3, 0.4) is 0 Å². The molecule has 2 aromatic carbocycles.